The van der Waals surface area contributed by atoms with Crippen molar-refractivity contribution in [3.63, 3.8) is 0 Å². The van der Waals surface area contributed by atoms with Gasteiger partial charge in [0.2, 0.25) is 0 Å². The molecule has 0 bridgehead atoms. The second-order valence-corrected chi connectivity index (χ2v) is 5.94. The summed E-state index contributed by atoms with van der Waals surface area (Å²) in [6.07, 6.45) is 0.237. The molecule has 2 aromatic rings. The molecule has 2 N–H and O–H groups in total. The van der Waals surface area contributed by atoms with Crippen molar-refractivity contribution in [1.82, 2.24) is 0 Å². The third-order valence-corrected chi connectivity index (χ3v) is 4.19. The lowest BCUT2D eigenvalue weighted by atomic mass is 10.1. The smallest absolute Gasteiger partial charge is 0.194 e. The number of halogens is 1. The number of ether oxygens (including phenoxy) is 1. The molecule has 6 heteroatoms. The van der Waals surface area contributed by atoms with Crippen molar-refractivity contribution in [2.45, 2.75) is 11.3 Å². The number of Topliss-reactive ketones (excluding diaryl/α,β-unsaturated/α-hetero) is 1. The summed E-state index contributed by atoms with van der Waals surface area (Å²) in [5.41, 5.74) is 0.878. The highest BCUT2D eigenvalue weighted by molar-refractivity contribution is 8.15. The van der Waals surface area contributed by atoms with Gasteiger partial charge in [-0.3, -0.25) is 4.79 Å². The van der Waals surface area contributed by atoms with Crippen LogP contribution >= 0.6 is 23.4 Å². The van der Waals surface area contributed by atoms with Crippen LogP contribution in [0, 0.1) is 0 Å². The molecule has 2 rings (SSSR count). The fraction of sp³-hybridized carbons (Fsp3) is 0.125. The minimum atomic E-state index is -0.132. The predicted octanol–water partition coefficient (Wildman–Crippen LogP) is 3.52. The molecule has 4 nitrogen and oxygen atoms in total. The van der Waals surface area contributed by atoms with E-state index in [2.05, 4.69) is 5.10 Å². The standard InChI is InChI=1S/C16H15ClN2O2S/c1-21-13-6-2-11(3-7-13)10-15(20)16(19-18)22-14-8-4-12(17)5-9-14/h2-9H,10,18H2,1H3. The molecule has 22 heavy (non-hydrogen) atoms. The van der Waals surface area contributed by atoms with Gasteiger partial charge in [0, 0.05) is 16.3 Å². The van der Waals surface area contributed by atoms with Gasteiger partial charge in [0.1, 0.15) is 5.75 Å². The summed E-state index contributed by atoms with van der Waals surface area (Å²) in [4.78, 5) is 13.1. The van der Waals surface area contributed by atoms with E-state index in [0.29, 0.717) is 5.02 Å². The summed E-state index contributed by atoms with van der Waals surface area (Å²) in [6.45, 7) is 0. The molecule has 0 amide bonds. The Morgan fingerprint density at radius 1 is 1.18 bits per heavy atom. The fourth-order valence-corrected chi connectivity index (χ4v) is 2.63. The summed E-state index contributed by atoms with van der Waals surface area (Å²) >= 11 is 7.06. The molecule has 0 saturated carbocycles. The zero-order valence-corrected chi connectivity index (χ0v) is 13.5. The van der Waals surface area contributed by atoms with E-state index in [1.807, 2.05) is 36.4 Å². The molecule has 0 spiro atoms. The Morgan fingerprint density at radius 2 is 1.82 bits per heavy atom. The van der Waals surface area contributed by atoms with Crippen LogP contribution in [0.5, 0.6) is 5.75 Å². The molecular formula is C16H15ClN2O2S. The molecular weight excluding hydrogens is 320 g/mol. The monoisotopic (exact) mass is 334 g/mol. The zero-order chi connectivity index (χ0) is 15.9. The second-order valence-electron chi connectivity index (χ2n) is 4.44. The van der Waals surface area contributed by atoms with Crippen LogP contribution in [0.1, 0.15) is 5.56 Å². The Kier molecular flexibility index (Phi) is 5.86. The highest BCUT2D eigenvalue weighted by Gasteiger charge is 2.14. The SMILES string of the molecule is COc1ccc(CC(=O)C(=NN)Sc2ccc(Cl)cc2)cc1. The van der Waals surface area contributed by atoms with Crippen molar-refractivity contribution in [2.24, 2.45) is 10.9 Å². The molecule has 0 aliphatic carbocycles. The number of thioether (sulfide) groups is 1. The average molecular weight is 335 g/mol. The lowest BCUT2D eigenvalue weighted by molar-refractivity contribution is -0.112. The fourth-order valence-electron chi connectivity index (χ4n) is 1.77. The van der Waals surface area contributed by atoms with Crippen LogP contribution in [0.3, 0.4) is 0 Å². The van der Waals surface area contributed by atoms with Crippen molar-refractivity contribution in [1.29, 1.82) is 0 Å². The van der Waals surface area contributed by atoms with Gasteiger partial charge in [-0.05, 0) is 42.0 Å². The number of hydrazone groups is 1. The zero-order valence-electron chi connectivity index (χ0n) is 12.0. The summed E-state index contributed by atoms with van der Waals surface area (Å²) in [5, 5.41) is 4.51. The Labute approximate surface area is 138 Å². The van der Waals surface area contributed by atoms with E-state index in [0.717, 1.165) is 16.2 Å². The number of benzene rings is 2. The number of hydrogen-bond donors (Lipinski definition) is 1. The highest BCUT2D eigenvalue weighted by atomic mass is 35.5. The normalized spacial score (nSPS) is 11.3. The van der Waals surface area contributed by atoms with E-state index in [9.17, 15) is 4.79 Å². The third kappa shape index (κ3) is 4.51. The first-order chi connectivity index (χ1) is 10.6. The first kappa shape index (κ1) is 16.4. The number of nitrogens with two attached hydrogens (primary N) is 1. The lowest BCUT2D eigenvalue weighted by Gasteiger charge is -2.06. The molecule has 0 heterocycles. The first-order valence-corrected chi connectivity index (χ1v) is 7.69. The predicted molar refractivity (Wildman–Crippen MR) is 90.6 cm³/mol. The van der Waals surface area contributed by atoms with Crippen LogP contribution in [0.4, 0.5) is 0 Å². The van der Waals surface area contributed by atoms with Gasteiger partial charge in [-0.15, -0.1) is 0 Å². The molecule has 0 aromatic heterocycles. The van der Waals surface area contributed by atoms with Crippen LogP contribution in [-0.4, -0.2) is 17.9 Å². The van der Waals surface area contributed by atoms with Crippen LogP contribution < -0.4 is 10.6 Å². The molecule has 0 saturated heterocycles. The Balaban J connectivity index is 2.03. The molecule has 114 valence electrons. The lowest BCUT2D eigenvalue weighted by Crippen LogP contribution is -2.15. The van der Waals surface area contributed by atoms with Crippen LogP contribution in [0.25, 0.3) is 0 Å². The largest absolute Gasteiger partial charge is 0.497 e. The molecule has 0 radical (unpaired) electrons. The van der Waals surface area contributed by atoms with E-state index >= 15 is 0 Å². The average Bonchev–Trinajstić information content (AvgIpc) is 2.55. The Hall–Kier alpha value is -1.98. The van der Waals surface area contributed by atoms with Crippen molar-refractivity contribution >= 4 is 34.2 Å². The second kappa shape index (κ2) is 7.87. The van der Waals surface area contributed by atoms with Crippen LogP contribution in [0.15, 0.2) is 58.5 Å². The number of carbonyl (C=O) groups is 1. The third-order valence-electron chi connectivity index (χ3n) is 2.91. The van der Waals surface area contributed by atoms with Gasteiger partial charge in [-0.1, -0.05) is 35.5 Å². The molecule has 0 fully saturated rings. The maximum absolute atomic E-state index is 12.3. The Morgan fingerprint density at radius 3 is 2.36 bits per heavy atom. The van der Waals surface area contributed by atoms with E-state index in [1.54, 1.807) is 19.2 Å². The first-order valence-electron chi connectivity index (χ1n) is 6.50. The quantitative estimate of drug-likeness (QED) is 0.299. The molecule has 2 aromatic carbocycles. The van der Waals surface area contributed by atoms with Gasteiger partial charge in [-0.25, -0.2) is 0 Å². The molecule has 0 atom stereocenters. The number of hydrogen-bond acceptors (Lipinski definition) is 5. The summed E-state index contributed by atoms with van der Waals surface area (Å²) in [5.74, 6) is 5.97. The minimum absolute atomic E-state index is 0.132. The number of methoxy groups -OCH3 is 1. The van der Waals surface area contributed by atoms with E-state index in [-0.39, 0.29) is 17.2 Å². The van der Waals surface area contributed by atoms with Gasteiger partial charge in [0.15, 0.2) is 10.8 Å². The molecule has 0 aliphatic heterocycles. The minimum Gasteiger partial charge on any atom is -0.497 e. The van der Waals surface area contributed by atoms with Crippen molar-refractivity contribution in [3.8, 4) is 5.75 Å². The maximum Gasteiger partial charge on any atom is 0.194 e. The van der Waals surface area contributed by atoms with Gasteiger partial charge in [0.25, 0.3) is 0 Å². The molecule has 0 aliphatic rings. The number of rotatable bonds is 5. The summed E-state index contributed by atoms with van der Waals surface area (Å²) < 4.78 is 5.09. The van der Waals surface area contributed by atoms with Crippen LogP contribution in [0.2, 0.25) is 5.02 Å². The van der Waals surface area contributed by atoms with E-state index in [4.69, 9.17) is 22.2 Å². The molecule has 0 unspecified atom stereocenters. The van der Waals surface area contributed by atoms with Gasteiger partial charge >= 0.3 is 0 Å². The maximum atomic E-state index is 12.3. The van der Waals surface area contributed by atoms with Crippen LogP contribution in [-0.2, 0) is 11.2 Å². The number of ketones is 1. The summed E-state index contributed by atoms with van der Waals surface area (Å²) in [6, 6.07) is 14.5. The summed E-state index contributed by atoms with van der Waals surface area (Å²) in [7, 11) is 1.60. The van der Waals surface area contributed by atoms with Gasteiger partial charge < -0.3 is 10.6 Å². The topological polar surface area (TPSA) is 64.7 Å². The number of nitrogens with zero attached hydrogens (tertiary/aromatic N) is 1. The van der Waals surface area contributed by atoms with E-state index < -0.39 is 0 Å². The van der Waals surface area contributed by atoms with Gasteiger partial charge in [-0.2, -0.15) is 5.10 Å². The van der Waals surface area contributed by atoms with Gasteiger partial charge in [0.05, 0.1) is 7.11 Å². The number of carbonyl (C=O) groups excluding carboxylic acids is 1. The Bertz CT molecular complexity index is 670. The van der Waals surface area contributed by atoms with E-state index in [1.165, 1.54) is 11.8 Å². The van der Waals surface area contributed by atoms with Crippen molar-refractivity contribution in [3.05, 3.63) is 59.1 Å². The highest BCUT2D eigenvalue weighted by Crippen LogP contribution is 2.23. The van der Waals surface area contributed by atoms with Crippen molar-refractivity contribution < 1.29 is 9.53 Å². The van der Waals surface area contributed by atoms with Crippen molar-refractivity contribution in [2.75, 3.05) is 7.11 Å².